The molecular formula is C20H21N3O. The first-order chi connectivity index (χ1) is 11.7. The molecular weight excluding hydrogens is 298 g/mol. The van der Waals surface area contributed by atoms with Gasteiger partial charge in [-0.15, -0.1) is 0 Å². The van der Waals surface area contributed by atoms with E-state index in [4.69, 9.17) is 4.98 Å². The molecule has 0 aliphatic carbocycles. The van der Waals surface area contributed by atoms with Gasteiger partial charge in [0.15, 0.2) is 0 Å². The van der Waals surface area contributed by atoms with Crippen LogP contribution in [0.5, 0.6) is 0 Å². The van der Waals surface area contributed by atoms with Crippen LogP contribution in [-0.4, -0.2) is 33.3 Å². The first-order valence-electron chi connectivity index (χ1n) is 8.50. The molecule has 0 spiro atoms. The van der Waals surface area contributed by atoms with Gasteiger partial charge in [-0.3, -0.25) is 9.20 Å². The van der Waals surface area contributed by atoms with Crippen molar-refractivity contribution in [2.24, 2.45) is 0 Å². The molecule has 0 unspecified atom stereocenters. The molecule has 3 aromatic rings. The Bertz CT molecular complexity index is 900. The molecule has 122 valence electrons. The summed E-state index contributed by atoms with van der Waals surface area (Å²) in [7, 11) is 0. The van der Waals surface area contributed by atoms with Gasteiger partial charge >= 0.3 is 0 Å². The summed E-state index contributed by atoms with van der Waals surface area (Å²) in [5.41, 5.74) is 5.37. The van der Waals surface area contributed by atoms with E-state index in [0.717, 1.165) is 42.7 Å². The Labute approximate surface area is 141 Å². The Morgan fingerprint density at radius 1 is 1.00 bits per heavy atom. The van der Waals surface area contributed by atoms with E-state index in [2.05, 4.69) is 32.0 Å². The minimum absolute atomic E-state index is 0.0335. The number of pyridine rings is 1. The number of hydrogen-bond acceptors (Lipinski definition) is 2. The van der Waals surface area contributed by atoms with Gasteiger partial charge in [-0.1, -0.05) is 24.3 Å². The summed E-state index contributed by atoms with van der Waals surface area (Å²) in [6, 6.07) is 12.2. The Morgan fingerprint density at radius 3 is 2.42 bits per heavy atom. The fourth-order valence-corrected chi connectivity index (χ4v) is 3.62. The van der Waals surface area contributed by atoms with Crippen LogP contribution >= 0.6 is 0 Å². The van der Waals surface area contributed by atoms with E-state index in [9.17, 15) is 4.79 Å². The Morgan fingerprint density at radius 2 is 1.71 bits per heavy atom. The van der Waals surface area contributed by atoms with Gasteiger partial charge in [-0.05, 0) is 49.9 Å². The SMILES string of the molecule is Cc1cccc(C)c1-c1nc(C(=O)N2CCCC2)n2ccccc12. The van der Waals surface area contributed by atoms with Crippen molar-refractivity contribution < 1.29 is 4.79 Å². The third-order valence-corrected chi connectivity index (χ3v) is 4.85. The summed E-state index contributed by atoms with van der Waals surface area (Å²) in [4.78, 5) is 19.6. The fourth-order valence-electron chi connectivity index (χ4n) is 3.62. The number of aryl methyl sites for hydroxylation is 2. The van der Waals surface area contributed by atoms with Gasteiger partial charge in [0.2, 0.25) is 5.82 Å². The third-order valence-electron chi connectivity index (χ3n) is 4.85. The fraction of sp³-hybridized carbons (Fsp3) is 0.300. The lowest BCUT2D eigenvalue weighted by atomic mass is 9.99. The normalized spacial score (nSPS) is 14.5. The molecule has 0 radical (unpaired) electrons. The third kappa shape index (κ3) is 2.30. The van der Waals surface area contributed by atoms with Crippen molar-refractivity contribution in [1.29, 1.82) is 0 Å². The largest absolute Gasteiger partial charge is 0.336 e. The number of hydrogen-bond donors (Lipinski definition) is 0. The molecule has 3 heterocycles. The first kappa shape index (κ1) is 14.9. The van der Waals surface area contributed by atoms with Gasteiger partial charge in [-0.2, -0.15) is 0 Å². The summed E-state index contributed by atoms with van der Waals surface area (Å²) in [6.45, 7) is 5.86. The lowest BCUT2D eigenvalue weighted by Crippen LogP contribution is -2.29. The van der Waals surface area contributed by atoms with Crippen molar-refractivity contribution in [3.8, 4) is 11.3 Å². The zero-order valence-corrected chi connectivity index (χ0v) is 14.1. The quantitative estimate of drug-likeness (QED) is 0.719. The molecule has 0 N–H and O–H groups in total. The number of likely N-dealkylation sites (tertiary alicyclic amines) is 1. The predicted molar refractivity (Wildman–Crippen MR) is 95.2 cm³/mol. The van der Waals surface area contributed by atoms with Gasteiger partial charge in [0.25, 0.3) is 5.91 Å². The molecule has 1 fully saturated rings. The molecule has 4 heteroatoms. The molecule has 0 saturated carbocycles. The highest BCUT2D eigenvalue weighted by Crippen LogP contribution is 2.31. The number of nitrogens with zero attached hydrogens (tertiary/aromatic N) is 3. The van der Waals surface area contributed by atoms with Crippen LogP contribution in [0.4, 0.5) is 0 Å². The van der Waals surface area contributed by atoms with E-state index in [1.807, 2.05) is 33.7 Å². The number of benzene rings is 1. The van der Waals surface area contributed by atoms with Crippen molar-refractivity contribution in [3.63, 3.8) is 0 Å². The van der Waals surface area contributed by atoms with Crippen LogP contribution in [0.3, 0.4) is 0 Å². The molecule has 1 amide bonds. The molecule has 1 aliphatic heterocycles. The predicted octanol–water partition coefficient (Wildman–Crippen LogP) is 3.85. The number of aromatic nitrogens is 2. The first-order valence-corrected chi connectivity index (χ1v) is 8.50. The number of amides is 1. The number of rotatable bonds is 2. The van der Waals surface area contributed by atoms with E-state index in [0.29, 0.717) is 5.82 Å². The molecule has 4 nitrogen and oxygen atoms in total. The minimum Gasteiger partial charge on any atom is -0.336 e. The van der Waals surface area contributed by atoms with Crippen LogP contribution in [0, 0.1) is 13.8 Å². The van der Waals surface area contributed by atoms with Gasteiger partial charge in [0, 0.05) is 24.8 Å². The van der Waals surface area contributed by atoms with Crippen LogP contribution in [0.2, 0.25) is 0 Å². The number of carbonyl (C=O) groups is 1. The summed E-state index contributed by atoms with van der Waals surface area (Å²) < 4.78 is 1.93. The van der Waals surface area contributed by atoms with Crippen LogP contribution < -0.4 is 0 Å². The number of carbonyl (C=O) groups excluding carboxylic acids is 1. The van der Waals surface area contributed by atoms with Crippen LogP contribution in [0.25, 0.3) is 16.8 Å². The minimum atomic E-state index is 0.0335. The van der Waals surface area contributed by atoms with Gasteiger partial charge < -0.3 is 4.90 Å². The number of fused-ring (bicyclic) bond motifs is 1. The van der Waals surface area contributed by atoms with Crippen LogP contribution in [0.1, 0.15) is 34.6 Å². The maximum absolute atomic E-state index is 12.9. The van der Waals surface area contributed by atoms with Crippen LogP contribution in [-0.2, 0) is 0 Å². The van der Waals surface area contributed by atoms with Crippen molar-refractivity contribution in [3.05, 3.63) is 59.5 Å². The standard InChI is InChI=1S/C20H21N3O/c1-14-8-7-9-15(2)17(14)18-16-10-3-4-13-23(16)19(21-18)20(24)22-11-5-6-12-22/h3-4,7-10,13H,5-6,11-12H2,1-2H3. The summed E-state index contributed by atoms with van der Waals surface area (Å²) in [5, 5.41) is 0. The molecule has 24 heavy (non-hydrogen) atoms. The summed E-state index contributed by atoms with van der Waals surface area (Å²) >= 11 is 0. The summed E-state index contributed by atoms with van der Waals surface area (Å²) in [5.74, 6) is 0.552. The number of imidazole rings is 1. The highest BCUT2D eigenvalue weighted by Gasteiger charge is 2.25. The molecule has 1 aliphatic rings. The lowest BCUT2D eigenvalue weighted by molar-refractivity contribution is 0.0780. The topological polar surface area (TPSA) is 37.6 Å². The van der Waals surface area contributed by atoms with Crippen molar-refractivity contribution in [2.75, 3.05) is 13.1 Å². The second-order valence-electron chi connectivity index (χ2n) is 6.51. The van der Waals surface area contributed by atoms with Gasteiger partial charge in [-0.25, -0.2) is 4.98 Å². The Kier molecular flexibility index (Phi) is 3.60. The second-order valence-corrected chi connectivity index (χ2v) is 6.51. The summed E-state index contributed by atoms with van der Waals surface area (Å²) in [6.07, 6.45) is 4.10. The van der Waals surface area contributed by atoms with Crippen molar-refractivity contribution in [1.82, 2.24) is 14.3 Å². The van der Waals surface area contributed by atoms with Crippen LogP contribution in [0.15, 0.2) is 42.6 Å². The Hall–Kier alpha value is -2.62. The Balaban J connectivity index is 1.93. The highest BCUT2D eigenvalue weighted by atomic mass is 16.2. The average Bonchev–Trinajstić information content (AvgIpc) is 3.23. The zero-order valence-electron chi connectivity index (χ0n) is 14.1. The highest BCUT2D eigenvalue weighted by molar-refractivity contribution is 5.95. The van der Waals surface area contributed by atoms with Gasteiger partial charge in [0.1, 0.15) is 0 Å². The van der Waals surface area contributed by atoms with E-state index >= 15 is 0 Å². The second kappa shape index (κ2) is 5.78. The molecule has 0 bridgehead atoms. The zero-order chi connectivity index (χ0) is 16.7. The maximum Gasteiger partial charge on any atom is 0.290 e. The van der Waals surface area contributed by atoms with E-state index < -0.39 is 0 Å². The monoisotopic (exact) mass is 319 g/mol. The maximum atomic E-state index is 12.9. The van der Waals surface area contributed by atoms with Crippen molar-refractivity contribution in [2.45, 2.75) is 26.7 Å². The van der Waals surface area contributed by atoms with Gasteiger partial charge in [0.05, 0.1) is 11.2 Å². The molecule has 4 rings (SSSR count). The van der Waals surface area contributed by atoms with Crippen molar-refractivity contribution >= 4 is 11.4 Å². The molecule has 1 aromatic carbocycles. The lowest BCUT2D eigenvalue weighted by Gasteiger charge is -2.13. The van der Waals surface area contributed by atoms with E-state index in [1.165, 1.54) is 11.1 Å². The average molecular weight is 319 g/mol. The van der Waals surface area contributed by atoms with E-state index in [1.54, 1.807) is 0 Å². The molecule has 2 aromatic heterocycles. The molecule has 1 saturated heterocycles. The van der Waals surface area contributed by atoms with E-state index in [-0.39, 0.29) is 5.91 Å². The smallest absolute Gasteiger partial charge is 0.290 e. The molecule has 0 atom stereocenters.